The maximum absolute atomic E-state index is 13.5. The Labute approximate surface area is 254 Å². The SMILES string of the molecule is O=C1C=CCN1B1N(c2ccccc2)B(N2C(=O)C=CC2=O)N(c2ccccc2)B(N2C(=O)C=CC2=O)N1c1ccccc1. The molecule has 0 unspecified atom stereocenters. The fraction of sp³-hybridized carbons (Fsp3) is 0.0333. The monoisotopic (exact) mass is 580 g/mol. The van der Waals surface area contributed by atoms with E-state index in [0.717, 1.165) is 9.62 Å². The molecule has 0 atom stereocenters. The van der Waals surface area contributed by atoms with Crippen LogP contribution in [-0.2, 0) is 24.0 Å². The highest BCUT2D eigenvalue weighted by atomic mass is 16.2. The first-order chi connectivity index (χ1) is 21.5. The van der Waals surface area contributed by atoms with Crippen molar-refractivity contribution in [3.8, 4) is 0 Å². The molecule has 3 aromatic rings. The summed E-state index contributed by atoms with van der Waals surface area (Å²) in [5.41, 5.74) is 1.70. The quantitative estimate of drug-likeness (QED) is 0.321. The van der Waals surface area contributed by atoms with Gasteiger partial charge in [0.1, 0.15) is 0 Å². The molecule has 0 bridgehead atoms. The summed E-state index contributed by atoms with van der Waals surface area (Å²) in [6.07, 6.45) is 7.96. The third kappa shape index (κ3) is 4.30. The van der Waals surface area contributed by atoms with Crippen LogP contribution in [0, 0.1) is 0 Å². The van der Waals surface area contributed by atoms with Crippen molar-refractivity contribution < 1.29 is 24.0 Å². The van der Waals surface area contributed by atoms with Crippen LogP contribution < -0.4 is 14.2 Å². The van der Waals surface area contributed by atoms with Crippen molar-refractivity contribution in [2.75, 3.05) is 20.7 Å². The van der Waals surface area contributed by atoms with E-state index in [-0.39, 0.29) is 12.5 Å². The minimum Gasteiger partial charge on any atom is -0.384 e. The molecular weight excluding hydrogens is 557 g/mol. The van der Waals surface area contributed by atoms with E-state index in [1.165, 1.54) is 30.4 Å². The standard InChI is InChI=1S/C30H23B3N6O5/c40-26-17-10-22-34(26)31-37(23-11-4-1-5-12-23)32(35-27(41)18-19-28(35)42)39(25-15-8-3-9-16-25)33(36-29(43)20-21-30(36)44)38(31)24-13-6-2-7-14-24/h1-21H,22H2. The van der Waals surface area contributed by atoms with Crippen molar-refractivity contribution in [1.82, 2.24) is 14.4 Å². The minimum absolute atomic E-state index is 0.210. The van der Waals surface area contributed by atoms with E-state index in [0.29, 0.717) is 17.1 Å². The average molecular weight is 580 g/mol. The Kier molecular flexibility index (Phi) is 6.65. The normalized spacial score (nSPS) is 18.4. The van der Waals surface area contributed by atoms with Gasteiger partial charge in [-0.2, -0.15) is 0 Å². The number of nitrogens with zero attached hydrogens (tertiary/aromatic N) is 6. The van der Waals surface area contributed by atoms with Crippen LogP contribution in [0.1, 0.15) is 0 Å². The van der Waals surface area contributed by atoms with Crippen LogP contribution in [0.25, 0.3) is 0 Å². The maximum atomic E-state index is 13.5. The Balaban J connectivity index is 1.57. The predicted molar refractivity (Wildman–Crippen MR) is 167 cm³/mol. The Morgan fingerprint density at radius 3 is 1.07 bits per heavy atom. The van der Waals surface area contributed by atoms with Gasteiger partial charge in [-0.25, -0.2) is 0 Å². The molecule has 14 heteroatoms. The number of hydrogen-bond donors (Lipinski definition) is 0. The van der Waals surface area contributed by atoms with Crippen LogP contribution in [-0.4, -0.2) is 71.9 Å². The van der Waals surface area contributed by atoms with Crippen molar-refractivity contribution >= 4 is 68.0 Å². The lowest BCUT2D eigenvalue weighted by Crippen LogP contribution is -2.89. The van der Waals surface area contributed by atoms with Crippen molar-refractivity contribution in [2.24, 2.45) is 0 Å². The number of anilines is 3. The predicted octanol–water partition coefficient (Wildman–Crippen LogP) is 1.72. The first kappa shape index (κ1) is 27.1. The summed E-state index contributed by atoms with van der Waals surface area (Å²) >= 11 is 0. The summed E-state index contributed by atoms with van der Waals surface area (Å²) in [5.74, 6) is -2.60. The zero-order valence-electron chi connectivity index (χ0n) is 23.3. The van der Waals surface area contributed by atoms with Gasteiger partial charge in [-0.3, -0.25) is 33.6 Å². The first-order valence-electron chi connectivity index (χ1n) is 14.0. The molecule has 1 fully saturated rings. The largest absolute Gasteiger partial charge is 0.494 e. The van der Waals surface area contributed by atoms with Gasteiger partial charge in [0.05, 0.1) is 0 Å². The molecule has 5 amide bonds. The molecule has 0 aromatic heterocycles. The molecule has 4 heterocycles. The molecule has 4 aliphatic rings. The molecule has 0 spiro atoms. The lowest BCUT2D eigenvalue weighted by molar-refractivity contribution is -0.132. The summed E-state index contributed by atoms with van der Waals surface area (Å²) in [6, 6.07) is 27.2. The number of hydrogen-bond acceptors (Lipinski definition) is 8. The Morgan fingerprint density at radius 2 is 0.750 bits per heavy atom. The van der Waals surface area contributed by atoms with E-state index < -0.39 is 45.0 Å². The van der Waals surface area contributed by atoms with Crippen molar-refractivity contribution in [1.29, 1.82) is 0 Å². The molecule has 1 saturated heterocycles. The minimum atomic E-state index is -1.22. The summed E-state index contributed by atoms with van der Waals surface area (Å²) < 4.78 is 5.32. The molecule has 11 nitrogen and oxygen atoms in total. The highest BCUT2D eigenvalue weighted by molar-refractivity contribution is 7.05. The number of carbonyl (C=O) groups excluding carboxylic acids is 5. The van der Waals surface area contributed by atoms with E-state index in [2.05, 4.69) is 0 Å². The third-order valence-electron chi connectivity index (χ3n) is 7.93. The fourth-order valence-corrected chi connectivity index (χ4v) is 6.10. The van der Waals surface area contributed by atoms with Crippen LogP contribution in [0.4, 0.5) is 17.1 Å². The van der Waals surface area contributed by atoms with Crippen LogP contribution >= 0.6 is 0 Å². The highest BCUT2D eigenvalue weighted by Crippen LogP contribution is 2.38. The molecule has 44 heavy (non-hydrogen) atoms. The lowest BCUT2D eigenvalue weighted by Gasteiger charge is -2.58. The molecule has 0 saturated carbocycles. The van der Waals surface area contributed by atoms with Crippen molar-refractivity contribution in [3.63, 3.8) is 0 Å². The zero-order chi connectivity index (χ0) is 30.4. The van der Waals surface area contributed by atoms with E-state index in [4.69, 9.17) is 0 Å². The van der Waals surface area contributed by atoms with Gasteiger partial charge in [-0.15, -0.1) is 0 Å². The summed E-state index contributed by atoms with van der Waals surface area (Å²) in [7, 11) is -3.46. The Morgan fingerprint density at radius 1 is 0.409 bits per heavy atom. The van der Waals surface area contributed by atoms with Gasteiger partial charge in [0, 0.05) is 47.9 Å². The molecular formula is C30H23B3N6O5. The Bertz CT molecular complexity index is 1630. The van der Waals surface area contributed by atoms with Crippen LogP contribution in [0.15, 0.2) is 127 Å². The topological polar surface area (TPSA) is 105 Å². The van der Waals surface area contributed by atoms with Gasteiger partial charge in [0.25, 0.3) is 0 Å². The van der Waals surface area contributed by atoms with Gasteiger partial charge in [0.2, 0.25) is 29.5 Å². The number of amides is 5. The first-order valence-corrected chi connectivity index (χ1v) is 14.0. The van der Waals surface area contributed by atoms with E-state index in [1.54, 1.807) is 39.9 Å². The van der Waals surface area contributed by atoms with Gasteiger partial charge in [0.15, 0.2) is 0 Å². The van der Waals surface area contributed by atoms with Crippen LogP contribution in [0.5, 0.6) is 0 Å². The zero-order valence-corrected chi connectivity index (χ0v) is 23.3. The highest BCUT2D eigenvalue weighted by Gasteiger charge is 2.65. The van der Waals surface area contributed by atoms with E-state index >= 15 is 0 Å². The Hall–Kier alpha value is -5.78. The number of rotatable bonds is 6. The van der Waals surface area contributed by atoms with Gasteiger partial charge < -0.3 is 19.0 Å². The molecule has 212 valence electrons. The third-order valence-corrected chi connectivity index (χ3v) is 7.93. The summed E-state index contributed by atoms with van der Waals surface area (Å²) in [5, 5.41) is 0. The van der Waals surface area contributed by atoms with Crippen LogP contribution in [0.3, 0.4) is 0 Å². The summed E-state index contributed by atoms with van der Waals surface area (Å²) in [6.45, 7) is 0.210. The second-order valence-electron chi connectivity index (χ2n) is 10.4. The summed E-state index contributed by atoms with van der Waals surface area (Å²) in [4.78, 5) is 71.5. The number of benzene rings is 3. The number of imide groups is 2. The van der Waals surface area contributed by atoms with E-state index in [9.17, 15) is 24.0 Å². The lowest BCUT2D eigenvalue weighted by atomic mass is 9.52. The van der Waals surface area contributed by atoms with Gasteiger partial charge >= 0.3 is 21.4 Å². The molecule has 3 aromatic carbocycles. The second-order valence-corrected chi connectivity index (χ2v) is 10.4. The van der Waals surface area contributed by atoms with Gasteiger partial charge in [-0.1, -0.05) is 60.7 Å². The molecule has 0 radical (unpaired) electrons. The number of carbonyl (C=O) groups is 5. The molecule has 0 N–H and O–H groups in total. The number of para-hydroxylation sites is 3. The van der Waals surface area contributed by atoms with Crippen LogP contribution in [0.2, 0.25) is 0 Å². The molecule has 4 aliphatic heterocycles. The second kappa shape index (κ2) is 10.8. The van der Waals surface area contributed by atoms with E-state index in [1.807, 2.05) is 76.2 Å². The molecule has 0 aliphatic carbocycles. The van der Waals surface area contributed by atoms with Crippen molar-refractivity contribution in [3.05, 3.63) is 127 Å². The molecule has 7 rings (SSSR count). The van der Waals surface area contributed by atoms with Gasteiger partial charge in [-0.05, 0) is 42.5 Å². The average Bonchev–Trinajstić information content (AvgIpc) is 3.73. The maximum Gasteiger partial charge on any atom is 0.494 e. The fourth-order valence-electron chi connectivity index (χ4n) is 6.10. The van der Waals surface area contributed by atoms with Crippen molar-refractivity contribution in [2.45, 2.75) is 0 Å². The smallest absolute Gasteiger partial charge is 0.384 e.